The topological polar surface area (TPSA) is 82.3 Å². The van der Waals surface area contributed by atoms with Crippen LogP contribution in [0.25, 0.3) is 0 Å². The standard InChI is InChI=1S/C16H23N3O3/c1-9(2)19-8-12(6-14(19)20)15(21)17-7-13-10(3)5-11(4)18-16(13)22/h5,9,12H,6-8H2,1-4H3,(H,17,21)(H,18,22)/t12-/m0/s1. The Labute approximate surface area is 129 Å². The van der Waals surface area contributed by atoms with E-state index in [1.807, 2.05) is 33.8 Å². The highest BCUT2D eigenvalue weighted by Gasteiger charge is 2.35. The summed E-state index contributed by atoms with van der Waals surface area (Å²) in [6.07, 6.45) is 0.243. The molecule has 6 heteroatoms. The normalized spacial score (nSPS) is 18.1. The van der Waals surface area contributed by atoms with Crippen LogP contribution in [0, 0.1) is 19.8 Å². The van der Waals surface area contributed by atoms with Crippen molar-refractivity contribution >= 4 is 11.8 Å². The van der Waals surface area contributed by atoms with Gasteiger partial charge in [0.2, 0.25) is 11.8 Å². The molecule has 1 atom stereocenters. The minimum Gasteiger partial charge on any atom is -0.351 e. The van der Waals surface area contributed by atoms with Crippen molar-refractivity contribution in [3.8, 4) is 0 Å². The Morgan fingerprint density at radius 1 is 1.41 bits per heavy atom. The van der Waals surface area contributed by atoms with E-state index in [-0.39, 0.29) is 42.3 Å². The molecule has 0 bridgehead atoms. The molecule has 22 heavy (non-hydrogen) atoms. The van der Waals surface area contributed by atoms with Gasteiger partial charge in [-0.15, -0.1) is 0 Å². The first kappa shape index (κ1) is 16.3. The Bertz CT molecular complexity index is 649. The van der Waals surface area contributed by atoms with E-state index in [0.717, 1.165) is 11.3 Å². The molecule has 2 N–H and O–H groups in total. The lowest BCUT2D eigenvalue weighted by atomic mass is 10.1. The highest BCUT2D eigenvalue weighted by molar-refractivity contribution is 5.89. The molecule has 0 aromatic carbocycles. The molecular formula is C16H23N3O3. The second kappa shape index (κ2) is 6.34. The lowest BCUT2D eigenvalue weighted by Gasteiger charge is -2.20. The van der Waals surface area contributed by atoms with Gasteiger partial charge in [0, 0.05) is 36.8 Å². The van der Waals surface area contributed by atoms with Crippen molar-refractivity contribution in [1.29, 1.82) is 0 Å². The Morgan fingerprint density at radius 2 is 2.09 bits per heavy atom. The lowest BCUT2D eigenvalue weighted by molar-refractivity contribution is -0.130. The molecule has 2 heterocycles. The van der Waals surface area contributed by atoms with Gasteiger partial charge in [0.05, 0.1) is 5.92 Å². The summed E-state index contributed by atoms with van der Waals surface area (Å²) in [5.41, 5.74) is 2.03. The Kier molecular flexibility index (Phi) is 4.68. The fourth-order valence-electron chi connectivity index (χ4n) is 2.83. The summed E-state index contributed by atoms with van der Waals surface area (Å²) in [6, 6.07) is 1.98. The monoisotopic (exact) mass is 305 g/mol. The summed E-state index contributed by atoms with van der Waals surface area (Å²) >= 11 is 0. The van der Waals surface area contributed by atoms with Crippen LogP contribution in [0.5, 0.6) is 0 Å². The second-order valence-electron chi connectivity index (χ2n) is 6.20. The summed E-state index contributed by atoms with van der Waals surface area (Å²) in [7, 11) is 0. The fourth-order valence-corrected chi connectivity index (χ4v) is 2.83. The van der Waals surface area contributed by atoms with Gasteiger partial charge < -0.3 is 15.2 Å². The largest absolute Gasteiger partial charge is 0.351 e. The van der Waals surface area contributed by atoms with E-state index in [4.69, 9.17) is 0 Å². The number of carbonyl (C=O) groups is 2. The molecule has 0 unspecified atom stereocenters. The number of aryl methyl sites for hydroxylation is 2. The molecule has 1 aromatic rings. The third-order valence-electron chi connectivity index (χ3n) is 4.09. The van der Waals surface area contributed by atoms with Crippen molar-refractivity contribution in [3.63, 3.8) is 0 Å². The minimum atomic E-state index is -0.334. The van der Waals surface area contributed by atoms with Crippen molar-refractivity contribution in [3.05, 3.63) is 33.2 Å². The van der Waals surface area contributed by atoms with Crippen LogP contribution in [-0.4, -0.2) is 34.3 Å². The Morgan fingerprint density at radius 3 is 2.64 bits per heavy atom. The SMILES string of the molecule is Cc1cc(C)c(CNC(=O)[C@H]2CC(=O)N(C(C)C)C2)c(=O)[nH]1. The molecule has 0 saturated carbocycles. The van der Waals surface area contributed by atoms with Crippen LogP contribution < -0.4 is 10.9 Å². The number of likely N-dealkylation sites (tertiary alicyclic amines) is 1. The summed E-state index contributed by atoms with van der Waals surface area (Å²) in [5.74, 6) is -0.491. The maximum absolute atomic E-state index is 12.2. The lowest BCUT2D eigenvalue weighted by Crippen LogP contribution is -2.36. The molecule has 1 aromatic heterocycles. The molecule has 1 aliphatic heterocycles. The zero-order valence-corrected chi connectivity index (χ0v) is 13.5. The first-order chi connectivity index (χ1) is 10.3. The maximum Gasteiger partial charge on any atom is 0.253 e. The molecule has 120 valence electrons. The van der Waals surface area contributed by atoms with Crippen LogP contribution in [0.3, 0.4) is 0 Å². The van der Waals surface area contributed by atoms with E-state index >= 15 is 0 Å². The number of aromatic nitrogens is 1. The van der Waals surface area contributed by atoms with Crippen LogP contribution in [0.2, 0.25) is 0 Å². The van der Waals surface area contributed by atoms with Crippen LogP contribution in [0.15, 0.2) is 10.9 Å². The van der Waals surface area contributed by atoms with Gasteiger partial charge in [-0.25, -0.2) is 0 Å². The van der Waals surface area contributed by atoms with Crippen LogP contribution in [0.1, 0.15) is 37.1 Å². The van der Waals surface area contributed by atoms with Gasteiger partial charge >= 0.3 is 0 Å². The first-order valence-electron chi connectivity index (χ1n) is 7.56. The van der Waals surface area contributed by atoms with E-state index in [2.05, 4.69) is 10.3 Å². The van der Waals surface area contributed by atoms with Gasteiger partial charge in [-0.2, -0.15) is 0 Å². The summed E-state index contributed by atoms with van der Waals surface area (Å²) in [4.78, 5) is 40.4. The van der Waals surface area contributed by atoms with Crippen LogP contribution >= 0.6 is 0 Å². The van der Waals surface area contributed by atoms with E-state index in [9.17, 15) is 14.4 Å². The maximum atomic E-state index is 12.2. The van der Waals surface area contributed by atoms with Gasteiger partial charge in [0.1, 0.15) is 0 Å². The van der Waals surface area contributed by atoms with Gasteiger partial charge in [-0.1, -0.05) is 0 Å². The molecule has 1 aliphatic rings. The van der Waals surface area contributed by atoms with Gasteiger partial charge in [-0.05, 0) is 39.3 Å². The molecule has 6 nitrogen and oxygen atoms in total. The third-order valence-corrected chi connectivity index (χ3v) is 4.09. The van der Waals surface area contributed by atoms with E-state index < -0.39 is 0 Å². The molecule has 0 spiro atoms. The van der Waals surface area contributed by atoms with Crippen molar-refractivity contribution in [2.24, 2.45) is 5.92 Å². The van der Waals surface area contributed by atoms with E-state index in [1.165, 1.54) is 0 Å². The number of H-pyrrole nitrogens is 1. The van der Waals surface area contributed by atoms with Crippen molar-refractivity contribution < 1.29 is 9.59 Å². The molecule has 1 saturated heterocycles. The molecule has 2 rings (SSSR count). The smallest absolute Gasteiger partial charge is 0.253 e. The molecule has 1 fully saturated rings. The molecule has 0 radical (unpaired) electrons. The second-order valence-corrected chi connectivity index (χ2v) is 6.20. The Balaban J connectivity index is 2.00. The van der Waals surface area contributed by atoms with Crippen molar-refractivity contribution in [1.82, 2.24) is 15.2 Å². The molecule has 2 amide bonds. The third kappa shape index (κ3) is 3.37. The first-order valence-corrected chi connectivity index (χ1v) is 7.56. The number of pyridine rings is 1. The van der Waals surface area contributed by atoms with Gasteiger partial charge in [0.25, 0.3) is 5.56 Å². The minimum absolute atomic E-state index is 0.0134. The number of hydrogen-bond donors (Lipinski definition) is 2. The predicted octanol–water partition coefficient (Wildman–Crippen LogP) is 0.865. The average molecular weight is 305 g/mol. The number of nitrogens with one attached hydrogen (secondary N) is 2. The zero-order valence-electron chi connectivity index (χ0n) is 13.5. The highest BCUT2D eigenvalue weighted by Crippen LogP contribution is 2.20. The summed E-state index contributed by atoms with van der Waals surface area (Å²) in [5, 5.41) is 2.78. The van der Waals surface area contributed by atoms with Gasteiger partial charge in [-0.3, -0.25) is 14.4 Å². The number of rotatable bonds is 4. The summed E-state index contributed by atoms with van der Waals surface area (Å²) in [6.45, 7) is 8.18. The number of carbonyl (C=O) groups excluding carboxylic acids is 2. The number of nitrogens with zero attached hydrogens (tertiary/aromatic N) is 1. The quantitative estimate of drug-likeness (QED) is 0.866. The van der Waals surface area contributed by atoms with Crippen LogP contribution in [0.4, 0.5) is 0 Å². The molecule has 0 aliphatic carbocycles. The van der Waals surface area contributed by atoms with E-state index in [0.29, 0.717) is 12.1 Å². The van der Waals surface area contributed by atoms with E-state index in [1.54, 1.807) is 4.90 Å². The van der Waals surface area contributed by atoms with Crippen molar-refractivity contribution in [2.75, 3.05) is 6.54 Å². The molecular weight excluding hydrogens is 282 g/mol. The van der Waals surface area contributed by atoms with Crippen molar-refractivity contribution in [2.45, 2.75) is 46.7 Å². The predicted molar refractivity (Wildman–Crippen MR) is 83.3 cm³/mol. The fraction of sp³-hybridized carbons (Fsp3) is 0.562. The average Bonchev–Trinajstić information content (AvgIpc) is 2.79. The van der Waals surface area contributed by atoms with Gasteiger partial charge in [0.15, 0.2) is 0 Å². The van der Waals surface area contributed by atoms with Crippen LogP contribution in [-0.2, 0) is 16.1 Å². The highest BCUT2D eigenvalue weighted by atomic mass is 16.2. The number of aromatic amines is 1. The Hall–Kier alpha value is -2.11. The summed E-state index contributed by atoms with van der Waals surface area (Å²) < 4.78 is 0. The number of hydrogen-bond acceptors (Lipinski definition) is 3. The number of amides is 2. The zero-order chi connectivity index (χ0) is 16.4.